The summed E-state index contributed by atoms with van der Waals surface area (Å²) in [6.45, 7) is 3.74. The Kier molecular flexibility index (Phi) is 3.97. The molecule has 0 saturated carbocycles. The van der Waals surface area contributed by atoms with Crippen molar-refractivity contribution in [3.05, 3.63) is 48.0 Å². The van der Waals surface area contributed by atoms with Crippen LogP contribution in [-0.2, 0) is 4.74 Å². The molecule has 3 nitrogen and oxygen atoms in total. The fourth-order valence-electron chi connectivity index (χ4n) is 2.57. The molecule has 0 aromatic heterocycles. The van der Waals surface area contributed by atoms with Crippen LogP contribution in [0.3, 0.4) is 0 Å². The molecule has 0 radical (unpaired) electrons. The summed E-state index contributed by atoms with van der Waals surface area (Å²) in [5.74, 6) is 0. The summed E-state index contributed by atoms with van der Waals surface area (Å²) < 4.78 is 5.97. The van der Waals surface area contributed by atoms with Crippen LogP contribution in [0, 0.1) is 0 Å². The average Bonchev–Trinajstić information content (AvgIpc) is 2.95. The fraction of sp³-hybridized carbons (Fsp3) is 0.353. The van der Waals surface area contributed by atoms with Gasteiger partial charge in [0.1, 0.15) is 6.10 Å². The number of nitrogens with one attached hydrogen (secondary N) is 1. The second-order valence-corrected chi connectivity index (χ2v) is 5.10. The maximum atomic E-state index is 5.97. The number of hydrogen-bond donors (Lipinski definition) is 1. The predicted octanol–water partition coefficient (Wildman–Crippen LogP) is 3.33. The SMILES string of the molecule is CCCCOC1CNN=C1c1cccc2ccccc12. The van der Waals surface area contributed by atoms with Gasteiger partial charge in [-0.05, 0) is 17.2 Å². The number of unbranched alkanes of at least 4 members (excludes halogenated alkanes) is 1. The molecule has 0 saturated heterocycles. The van der Waals surface area contributed by atoms with Crippen LogP contribution in [-0.4, -0.2) is 25.0 Å². The third-order valence-electron chi connectivity index (χ3n) is 3.66. The van der Waals surface area contributed by atoms with E-state index in [9.17, 15) is 0 Å². The van der Waals surface area contributed by atoms with Gasteiger partial charge in [-0.3, -0.25) is 0 Å². The van der Waals surface area contributed by atoms with E-state index in [1.807, 2.05) is 0 Å². The topological polar surface area (TPSA) is 33.6 Å². The highest BCUT2D eigenvalue weighted by Gasteiger charge is 2.24. The van der Waals surface area contributed by atoms with E-state index in [4.69, 9.17) is 4.74 Å². The summed E-state index contributed by atoms with van der Waals surface area (Å²) in [5.41, 5.74) is 5.28. The van der Waals surface area contributed by atoms with Crippen molar-refractivity contribution in [1.82, 2.24) is 5.43 Å². The van der Waals surface area contributed by atoms with Gasteiger partial charge in [-0.2, -0.15) is 5.10 Å². The molecule has 1 heterocycles. The lowest BCUT2D eigenvalue weighted by Crippen LogP contribution is -2.27. The fourth-order valence-corrected chi connectivity index (χ4v) is 2.57. The Morgan fingerprint density at radius 3 is 2.95 bits per heavy atom. The maximum absolute atomic E-state index is 5.97. The molecule has 0 spiro atoms. The summed E-state index contributed by atoms with van der Waals surface area (Å²) in [7, 11) is 0. The Morgan fingerprint density at radius 1 is 1.20 bits per heavy atom. The lowest BCUT2D eigenvalue weighted by molar-refractivity contribution is 0.102. The van der Waals surface area contributed by atoms with E-state index in [0.717, 1.165) is 31.7 Å². The molecule has 0 fully saturated rings. The first-order chi connectivity index (χ1) is 9.90. The molecular weight excluding hydrogens is 248 g/mol. The van der Waals surface area contributed by atoms with Gasteiger partial charge in [0, 0.05) is 12.2 Å². The first kappa shape index (κ1) is 13.1. The summed E-state index contributed by atoms with van der Waals surface area (Å²) in [4.78, 5) is 0. The molecule has 2 aromatic carbocycles. The van der Waals surface area contributed by atoms with Crippen LogP contribution in [0.25, 0.3) is 10.8 Å². The van der Waals surface area contributed by atoms with Crippen molar-refractivity contribution in [3.63, 3.8) is 0 Å². The van der Waals surface area contributed by atoms with E-state index >= 15 is 0 Å². The molecule has 3 heteroatoms. The van der Waals surface area contributed by atoms with Crippen LogP contribution in [0.4, 0.5) is 0 Å². The van der Waals surface area contributed by atoms with Gasteiger partial charge < -0.3 is 10.2 Å². The summed E-state index contributed by atoms with van der Waals surface area (Å²) in [6.07, 6.45) is 2.31. The minimum Gasteiger partial charge on any atom is -0.370 e. The molecule has 1 aliphatic heterocycles. The van der Waals surface area contributed by atoms with Crippen LogP contribution in [0.2, 0.25) is 0 Å². The summed E-state index contributed by atoms with van der Waals surface area (Å²) in [6, 6.07) is 14.8. The van der Waals surface area contributed by atoms with Crippen LogP contribution >= 0.6 is 0 Å². The normalized spacial score (nSPS) is 18.1. The molecule has 0 aliphatic carbocycles. The Labute approximate surface area is 119 Å². The zero-order chi connectivity index (χ0) is 13.8. The third kappa shape index (κ3) is 2.54. The smallest absolute Gasteiger partial charge is 0.121 e. The lowest BCUT2D eigenvalue weighted by Gasteiger charge is -2.14. The van der Waals surface area contributed by atoms with E-state index in [0.29, 0.717) is 0 Å². The summed E-state index contributed by atoms with van der Waals surface area (Å²) >= 11 is 0. The van der Waals surface area contributed by atoms with Crippen LogP contribution in [0.15, 0.2) is 47.6 Å². The number of hydrazone groups is 1. The quantitative estimate of drug-likeness (QED) is 0.844. The van der Waals surface area contributed by atoms with Crippen molar-refractivity contribution in [3.8, 4) is 0 Å². The van der Waals surface area contributed by atoms with Crippen LogP contribution in [0.1, 0.15) is 25.3 Å². The highest BCUT2D eigenvalue weighted by atomic mass is 16.5. The van der Waals surface area contributed by atoms with E-state index < -0.39 is 0 Å². The maximum Gasteiger partial charge on any atom is 0.121 e. The van der Waals surface area contributed by atoms with Crippen molar-refractivity contribution in [2.24, 2.45) is 5.10 Å². The molecular formula is C17H20N2O. The Hall–Kier alpha value is -1.87. The van der Waals surface area contributed by atoms with Crippen molar-refractivity contribution in [2.75, 3.05) is 13.2 Å². The Morgan fingerprint density at radius 2 is 2.05 bits per heavy atom. The lowest BCUT2D eigenvalue weighted by atomic mass is 9.98. The van der Waals surface area contributed by atoms with Crippen LogP contribution < -0.4 is 5.43 Å². The zero-order valence-corrected chi connectivity index (χ0v) is 11.8. The zero-order valence-electron chi connectivity index (χ0n) is 11.8. The first-order valence-electron chi connectivity index (χ1n) is 7.30. The molecule has 3 rings (SSSR count). The van der Waals surface area contributed by atoms with Gasteiger partial charge in [0.25, 0.3) is 0 Å². The molecule has 1 aliphatic rings. The van der Waals surface area contributed by atoms with E-state index in [2.05, 4.69) is 59.9 Å². The molecule has 1 atom stereocenters. The van der Waals surface area contributed by atoms with Gasteiger partial charge in [0.2, 0.25) is 0 Å². The van der Waals surface area contributed by atoms with Crippen LogP contribution in [0.5, 0.6) is 0 Å². The molecule has 0 bridgehead atoms. The van der Waals surface area contributed by atoms with Gasteiger partial charge in [-0.15, -0.1) is 0 Å². The standard InChI is InChI=1S/C17H20N2O/c1-2-3-11-20-16-12-18-19-17(16)15-10-6-8-13-7-4-5-9-14(13)15/h4-10,16,18H,2-3,11-12H2,1H3. The summed E-state index contributed by atoms with van der Waals surface area (Å²) in [5, 5.41) is 6.94. The largest absolute Gasteiger partial charge is 0.370 e. The number of ether oxygens (including phenoxy) is 1. The van der Waals surface area contributed by atoms with E-state index in [1.54, 1.807) is 0 Å². The van der Waals surface area contributed by atoms with Crippen molar-refractivity contribution < 1.29 is 4.74 Å². The van der Waals surface area contributed by atoms with Gasteiger partial charge in [-0.25, -0.2) is 0 Å². The van der Waals surface area contributed by atoms with E-state index in [1.165, 1.54) is 16.3 Å². The number of fused-ring (bicyclic) bond motifs is 1. The highest BCUT2D eigenvalue weighted by Crippen LogP contribution is 2.22. The van der Waals surface area contributed by atoms with Crippen molar-refractivity contribution in [1.29, 1.82) is 0 Å². The van der Waals surface area contributed by atoms with Crippen molar-refractivity contribution >= 4 is 16.5 Å². The second-order valence-electron chi connectivity index (χ2n) is 5.10. The minimum absolute atomic E-state index is 0.0624. The average molecular weight is 268 g/mol. The second kappa shape index (κ2) is 6.06. The molecule has 2 aromatic rings. The minimum atomic E-state index is 0.0624. The number of rotatable bonds is 5. The van der Waals surface area contributed by atoms with Crippen molar-refractivity contribution in [2.45, 2.75) is 25.9 Å². The Balaban J connectivity index is 1.90. The molecule has 1 N–H and O–H groups in total. The van der Waals surface area contributed by atoms with Gasteiger partial charge in [0.15, 0.2) is 0 Å². The molecule has 0 amide bonds. The van der Waals surface area contributed by atoms with Gasteiger partial charge in [0.05, 0.1) is 12.3 Å². The molecule has 20 heavy (non-hydrogen) atoms. The molecule has 104 valence electrons. The number of hydrogen-bond acceptors (Lipinski definition) is 3. The predicted molar refractivity (Wildman–Crippen MR) is 83.1 cm³/mol. The third-order valence-corrected chi connectivity index (χ3v) is 3.66. The monoisotopic (exact) mass is 268 g/mol. The van der Waals surface area contributed by atoms with E-state index in [-0.39, 0.29) is 6.10 Å². The number of nitrogens with zero attached hydrogens (tertiary/aromatic N) is 1. The molecule has 1 unspecified atom stereocenters. The van der Waals surface area contributed by atoms with Gasteiger partial charge >= 0.3 is 0 Å². The highest BCUT2D eigenvalue weighted by molar-refractivity contribution is 6.13. The first-order valence-corrected chi connectivity index (χ1v) is 7.30. The Bertz CT molecular complexity index is 616. The van der Waals surface area contributed by atoms with Gasteiger partial charge in [-0.1, -0.05) is 55.8 Å². The number of benzene rings is 2.